The predicted octanol–water partition coefficient (Wildman–Crippen LogP) is 1.76. The third-order valence-electron chi connectivity index (χ3n) is 4.11. The first-order valence-corrected chi connectivity index (χ1v) is 7.60. The monoisotopic (exact) mass is 302 g/mol. The van der Waals surface area contributed by atoms with Crippen LogP contribution < -0.4 is 5.32 Å². The molecular weight excluding hydrogens is 280 g/mol. The SMILES string of the molecule is CC(=O)c1cccc(CNC(=O)C2CCN(C(C)=O)CC2)c1. The molecule has 1 fully saturated rings. The minimum Gasteiger partial charge on any atom is -0.352 e. The molecule has 1 aromatic rings. The van der Waals surface area contributed by atoms with Crippen LogP contribution >= 0.6 is 0 Å². The quantitative estimate of drug-likeness (QED) is 0.862. The van der Waals surface area contributed by atoms with E-state index in [4.69, 9.17) is 0 Å². The topological polar surface area (TPSA) is 66.5 Å². The van der Waals surface area contributed by atoms with Gasteiger partial charge in [0.15, 0.2) is 5.78 Å². The minimum atomic E-state index is -0.0356. The first-order chi connectivity index (χ1) is 10.5. The van der Waals surface area contributed by atoms with Crippen LogP contribution in [0.1, 0.15) is 42.6 Å². The number of hydrogen-bond donors (Lipinski definition) is 1. The summed E-state index contributed by atoms with van der Waals surface area (Å²) in [6, 6.07) is 7.29. The van der Waals surface area contributed by atoms with Crippen molar-refractivity contribution in [3.05, 3.63) is 35.4 Å². The number of piperidine rings is 1. The van der Waals surface area contributed by atoms with Crippen LogP contribution in [0.4, 0.5) is 0 Å². The number of amides is 2. The van der Waals surface area contributed by atoms with Gasteiger partial charge in [-0.15, -0.1) is 0 Å². The molecule has 1 saturated heterocycles. The molecule has 5 nitrogen and oxygen atoms in total. The summed E-state index contributed by atoms with van der Waals surface area (Å²) in [6.45, 7) is 4.80. The van der Waals surface area contributed by atoms with Gasteiger partial charge >= 0.3 is 0 Å². The maximum Gasteiger partial charge on any atom is 0.223 e. The third kappa shape index (κ3) is 4.16. The van der Waals surface area contributed by atoms with E-state index in [1.54, 1.807) is 24.0 Å². The summed E-state index contributed by atoms with van der Waals surface area (Å²) >= 11 is 0. The summed E-state index contributed by atoms with van der Waals surface area (Å²) in [7, 11) is 0. The average Bonchev–Trinajstić information content (AvgIpc) is 2.53. The molecule has 1 heterocycles. The van der Waals surface area contributed by atoms with Gasteiger partial charge in [0.25, 0.3) is 0 Å². The zero-order valence-electron chi connectivity index (χ0n) is 13.1. The second-order valence-corrected chi connectivity index (χ2v) is 5.75. The predicted molar refractivity (Wildman–Crippen MR) is 83.3 cm³/mol. The van der Waals surface area contributed by atoms with Crippen molar-refractivity contribution in [1.82, 2.24) is 10.2 Å². The molecule has 0 saturated carbocycles. The van der Waals surface area contributed by atoms with Gasteiger partial charge in [-0.25, -0.2) is 0 Å². The van der Waals surface area contributed by atoms with E-state index >= 15 is 0 Å². The first kappa shape index (κ1) is 16.2. The van der Waals surface area contributed by atoms with Crippen molar-refractivity contribution in [2.45, 2.75) is 33.2 Å². The smallest absolute Gasteiger partial charge is 0.223 e. The molecule has 0 bridgehead atoms. The normalized spacial score (nSPS) is 15.5. The largest absolute Gasteiger partial charge is 0.352 e. The summed E-state index contributed by atoms with van der Waals surface area (Å²) in [5.74, 6) is 0.0766. The number of ketones is 1. The minimum absolute atomic E-state index is 0.0183. The molecule has 0 radical (unpaired) electrons. The first-order valence-electron chi connectivity index (χ1n) is 7.60. The number of carbonyl (C=O) groups is 3. The highest BCUT2D eigenvalue weighted by atomic mass is 16.2. The van der Waals surface area contributed by atoms with E-state index < -0.39 is 0 Å². The van der Waals surface area contributed by atoms with Gasteiger partial charge in [-0.1, -0.05) is 18.2 Å². The Bertz CT molecular complexity index is 575. The molecule has 0 unspecified atom stereocenters. The third-order valence-corrected chi connectivity index (χ3v) is 4.11. The Morgan fingerprint density at radius 3 is 2.45 bits per heavy atom. The fourth-order valence-corrected chi connectivity index (χ4v) is 2.69. The average molecular weight is 302 g/mol. The van der Waals surface area contributed by atoms with Crippen molar-refractivity contribution >= 4 is 17.6 Å². The summed E-state index contributed by atoms with van der Waals surface area (Å²) in [4.78, 5) is 36.6. The Labute approximate surface area is 130 Å². The van der Waals surface area contributed by atoms with E-state index in [1.807, 2.05) is 12.1 Å². The molecule has 1 aliphatic rings. The molecule has 22 heavy (non-hydrogen) atoms. The van der Waals surface area contributed by atoms with Crippen LogP contribution in [0.15, 0.2) is 24.3 Å². The molecule has 2 amide bonds. The molecule has 0 aliphatic carbocycles. The van der Waals surface area contributed by atoms with E-state index in [9.17, 15) is 14.4 Å². The number of benzene rings is 1. The van der Waals surface area contributed by atoms with Crippen molar-refractivity contribution in [3.63, 3.8) is 0 Å². The summed E-state index contributed by atoms with van der Waals surface area (Å²) in [5.41, 5.74) is 1.57. The fraction of sp³-hybridized carbons (Fsp3) is 0.471. The van der Waals surface area contributed by atoms with E-state index in [0.717, 1.165) is 5.56 Å². The van der Waals surface area contributed by atoms with Crippen LogP contribution in [0.5, 0.6) is 0 Å². The number of hydrogen-bond acceptors (Lipinski definition) is 3. The van der Waals surface area contributed by atoms with Gasteiger partial charge in [0.1, 0.15) is 0 Å². The van der Waals surface area contributed by atoms with Crippen molar-refractivity contribution in [2.75, 3.05) is 13.1 Å². The van der Waals surface area contributed by atoms with Crippen LogP contribution in [0.3, 0.4) is 0 Å². The van der Waals surface area contributed by atoms with E-state index in [0.29, 0.717) is 38.0 Å². The highest BCUT2D eigenvalue weighted by Crippen LogP contribution is 2.17. The molecule has 1 aliphatic heterocycles. The van der Waals surface area contributed by atoms with E-state index in [-0.39, 0.29) is 23.5 Å². The Hall–Kier alpha value is -2.17. The highest BCUT2D eigenvalue weighted by molar-refractivity contribution is 5.94. The van der Waals surface area contributed by atoms with E-state index in [1.165, 1.54) is 6.92 Å². The van der Waals surface area contributed by atoms with Crippen LogP contribution in [0.25, 0.3) is 0 Å². The number of nitrogens with zero attached hydrogens (tertiary/aromatic N) is 1. The van der Waals surface area contributed by atoms with Crippen molar-refractivity contribution in [1.29, 1.82) is 0 Å². The van der Waals surface area contributed by atoms with Crippen LogP contribution in [-0.2, 0) is 16.1 Å². The van der Waals surface area contributed by atoms with E-state index in [2.05, 4.69) is 5.32 Å². The lowest BCUT2D eigenvalue weighted by Crippen LogP contribution is -2.42. The van der Waals surface area contributed by atoms with Crippen LogP contribution in [0.2, 0.25) is 0 Å². The highest BCUT2D eigenvalue weighted by Gasteiger charge is 2.25. The standard InChI is InChI=1S/C17H22N2O3/c1-12(20)16-5-3-4-14(10-16)11-18-17(22)15-6-8-19(9-7-15)13(2)21/h3-5,10,15H,6-9,11H2,1-2H3,(H,18,22). The maximum absolute atomic E-state index is 12.2. The van der Waals surface area contributed by atoms with Gasteiger partial charge < -0.3 is 10.2 Å². The zero-order chi connectivity index (χ0) is 16.1. The Kier molecular flexibility index (Phi) is 5.31. The Morgan fingerprint density at radius 1 is 1.18 bits per heavy atom. The van der Waals surface area contributed by atoms with Gasteiger partial charge in [0, 0.05) is 38.0 Å². The molecule has 1 aromatic carbocycles. The lowest BCUT2D eigenvalue weighted by atomic mass is 9.96. The molecular formula is C17H22N2O3. The second-order valence-electron chi connectivity index (χ2n) is 5.75. The summed E-state index contributed by atoms with van der Waals surface area (Å²) in [6.07, 6.45) is 1.41. The fourth-order valence-electron chi connectivity index (χ4n) is 2.69. The molecule has 0 spiro atoms. The van der Waals surface area contributed by atoms with Gasteiger partial charge in [-0.3, -0.25) is 14.4 Å². The molecule has 5 heteroatoms. The number of rotatable bonds is 4. The summed E-state index contributed by atoms with van der Waals surface area (Å²) < 4.78 is 0. The van der Waals surface area contributed by atoms with Crippen molar-refractivity contribution in [3.8, 4) is 0 Å². The number of carbonyl (C=O) groups excluding carboxylic acids is 3. The van der Waals surface area contributed by atoms with Gasteiger partial charge in [0.2, 0.25) is 11.8 Å². The maximum atomic E-state index is 12.2. The van der Waals surface area contributed by atoms with Gasteiger partial charge in [0.05, 0.1) is 0 Å². The molecule has 2 rings (SSSR count). The van der Waals surface area contributed by atoms with Crippen molar-refractivity contribution in [2.24, 2.45) is 5.92 Å². The Balaban J connectivity index is 1.84. The second kappa shape index (κ2) is 7.20. The van der Waals surface area contributed by atoms with Crippen molar-refractivity contribution < 1.29 is 14.4 Å². The lowest BCUT2D eigenvalue weighted by Gasteiger charge is -2.30. The zero-order valence-corrected chi connectivity index (χ0v) is 13.1. The van der Waals surface area contributed by atoms with Gasteiger partial charge in [-0.05, 0) is 31.4 Å². The molecule has 0 aromatic heterocycles. The molecule has 1 N–H and O–H groups in total. The Morgan fingerprint density at radius 2 is 1.86 bits per heavy atom. The van der Waals surface area contributed by atoms with Crippen LogP contribution in [-0.4, -0.2) is 35.6 Å². The summed E-state index contributed by atoms with van der Waals surface area (Å²) in [5, 5.41) is 2.93. The number of nitrogens with one attached hydrogen (secondary N) is 1. The van der Waals surface area contributed by atoms with Crippen LogP contribution in [0, 0.1) is 5.92 Å². The molecule has 0 atom stereocenters. The lowest BCUT2D eigenvalue weighted by molar-refractivity contribution is -0.134. The molecule has 118 valence electrons. The number of Topliss-reactive ketones (excluding diaryl/α,β-unsaturated/α-hetero) is 1. The van der Waals surface area contributed by atoms with Gasteiger partial charge in [-0.2, -0.15) is 0 Å². The number of likely N-dealkylation sites (tertiary alicyclic amines) is 1.